The van der Waals surface area contributed by atoms with E-state index in [0.717, 1.165) is 0 Å². The highest BCUT2D eigenvalue weighted by Crippen LogP contribution is 2.38. The fourth-order valence-electron chi connectivity index (χ4n) is 2.53. The lowest BCUT2D eigenvalue weighted by Crippen LogP contribution is -2.40. The molecule has 0 aliphatic carbocycles. The van der Waals surface area contributed by atoms with Gasteiger partial charge < -0.3 is 24.8 Å². The van der Waals surface area contributed by atoms with Gasteiger partial charge in [0.15, 0.2) is 11.5 Å². The molecule has 0 aliphatic heterocycles. The maximum atomic E-state index is 12.6. The monoisotopic (exact) mass is 386 g/mol. The molecule has 0 saturated carbocycles. The molecule has 7 nitrogen and oxygen atoms in total. The zero-order valence-corrected chi connectivity index (χ0v) is 17.0. The van der Waals surface area contributed by atoms with Crippen molar-refractivity contribution in [2.45, 2.75) is 26.3 Å². The van der Waals surface area contributed by atoms with Crippen molar-refractivity contribution in [3.05, 3.63) is 47.5 Å². The summed E-state index contributed by atoms with van der Waals surface area (Å²) >= 11 is 0. The number of rotatable bonds is 6. The van der Waals surface area contributed by atoms with Gasteiger partial charge in [-0.15, -0.1) is 0 Å². The van der Waals surface area contributed by atoms with Crippen LogP contribution in [0.3, 0.4) is 0 Å². The number of carbonyl (C=O) groups excluding carboxylic acids is 2. The molecular formula is C21H26N2O5. The molecule has 0 spiro atoms. The van der Waals surface area contributed by atoms with Crippen LogP contribution >= 0.6 is 0 Å². The molecule has 2 rings (SSSR count). The smallest absolute Gasteiger partial charge is 0.255 e. The first-order valence-electron chi connectivity index (χ1n) is 8.72. The van der Waals surface area contributed by atoms with Gasteiger partial charge in [0.05, 0.1) is 21.3 Å². The van der Waals surface area contributed by atoms with E-state index in [-0.39, 0.29) is 17.4 Å². The van der Waals surface area contributed by atoms with E-state index in [1.165, 1.54) is 21.3 Å². The van der Waals surface area contributed by atoms with Crippen molar-refractivity contribution in [1.29, 1.82) is 0 Å². The number of anilines is 1. The van der Waals surface area contributed by atoms with Crippen LogP contribution in [0.15, 0.2) is 36.4 Å². The molecule has 7 heteroatoms. The average molecular weight is 386 g/mol. The number of hydrogen-bond donors (Lipinski definition) is 2. The highest BCUT2D eigenvalue weighted by atomic mass is 16.5. The Morgan fingerprint density at radius 1 is 0.786 bits per heavy atom. The Bertz CT molecular complexity index is 829. The molecule has 0 saturated heterocycles. The third-order valence-corrected chi connectivity index (χ3v) is 3.82. The molecule has 150 valence electrons. The first kappa shape index (κ1) is 21.1. The first-order valence-corrected chi connectivity index (χ1v) is 8.72. The van der Waals surface area contributed by atoms with Crippen molar-refractivity contribution in [3.8, 4) is 17.2 Å². The van der Waals surface area contributed by atoms with Crippen LogP contribution in [-0.4, -0.2) is 38.7 Å². The summed E-state index contributed by atoms with van der Waals surface area (Å²) in [5.41, 5.74) is 1.10. The topological polar surface area (TPSA) is 85.9 Å². The second kappa shape index (κ2) is 8.65. The summed E-state index contributed by atoms with van der Waals surface area (Å²) in [5.74, 6) is 0.680. The number of hydrogen-bond acceptors (Lipinski definition) is 5. The van der Waals surface area contributed by atoms with E-state index < -0.39 is 0 Å². The van der Waals surface area contributed by atoms with Crippen LogP contribution in [0.2, 0.25) is 0 Å². The molecule has 0 bridgehead atoms. The van der Waals surface area contributed by atoms with Gasteiger partial charge in [0.1, 0.15) is 0 Å². The zero-order valence-electron chi connectivity index (χ0n) is 17.0. The predicted molar refractivity (Wildman–Crippen MR) is 108 cm³/mol. The molecule has 0 aliphatic rings. The van der Waals surface area contributed by atoms with E-state index in [2.05, 4.69) is 10.6 Å². The lowest BCUT2D eigenvalue weighted by atomic mass is 10.1. The van der Waals surface area contributed by atoms with Crippen LogP contribution in [0.4, 0.5) is 5.69 Å². The molecule has 2 amide bonds. The van der Waals surface area contributed by atoms with Crippen molar-refractivity contribution in [1.82, 2.24) is 5.32 Å². The summed E-state index contributed by atoms with van der Waals surface area (Å²) in [5, 5.41) is 5.68. The van der Waals surface area contributed by atoms with Crippen molar-refractivity contribution in [3.63, 3.8) is 0 Å². The lowest BCUT2D eigenvalue weighted by Gasteiger charge is -2.20. The van der Waals surface area contributed by atoms with Crippen LogP contribution < -0.4 is 24.8 Å². The summed E-state index contributed by atoms with van der Waals surface area (Å²) in [4.78, 5) is 24.8. The van der Waals surface area contributed by atoms with E-state index in [0.29, 0.717) is 34.1 Å². The Labute approximate surface area is 165 Å². The van der Waals surface area contributed by atoms with Crippen molar-refractivity contribution < 1.29 is 23.8 Å². The van der Waals surface area contributed by atoms with Gasteiger partial charge in [0.2, 0.25) is 5.75 Å². The minimum Gasteiger partial charge on any atom is -0.493 e. The van der Waals surface area contributed by atoms with Crippen LogP contribution in [-0.2, 0) is 0 Å². The Morgan fingerprint density at radius 3 is 1.75 bits per heavy atom. The summed E-state index contributed by atoms with van der Waals surface area (Å²) in [6.45, 7) is 5.74. The highest BCUT2D eigenvalue weighted by Gasteiger charge is 2.18. The van der Waals surface area contributed by atoms with Gasteiger partial charge in [-0.3, -0.25) is 9.59 Å². The summed E-state index contributed by atoms with van der Waals surface area (Å²) in [6.07, 6.45) is 0. The summed E-state index contributed by atoms with van der Waals surface area (Å²) < 4.78 is 15.8. The molecule has 0 heterocycles. The van der Waals surface area contributed by atoms with Crippen LogP contribution in [0.1, 0.15) is 41.5 Å². The SMILES string of the molecule is COc1cc(C(=O)Nc2ccc(C(=O)NC(C)(C)C)cc2)cc(OC)c1OC. The fraction of sp³-hybridized carbons (Fsp3) is 0.333. The molecule has 2 aromatic carbocycles. The second-order valence-electron chi connectivity index (χ2n) is 7.15. The molecule has 0 atom stereocenters. The van der Waals surface area contributed by atoms with E-state index in [4.69, 9.17) is 14.2 Å². The summed E-state index contributed by atoms with van der Waals surface area (Å²) in [7, 11) is 4.47. The molecule has 0 radical (unpaired) electrons. The van der Waals surface area contributed by atoms with Gasteiger partial charge in [-0.2, -0.15) is 0 Å². The van der Waals surface area contributed by atoms with E-state index in [1.54, 1.807) is 36.4 Å². The van der Waals surface area contributed by atoms with Crippen molar-refractivity contribution >= 4 is 17.5 Å². The van der Waals surface area contributed by atoms with Crippen LogP contribution in [0.25, 0.3) is 0 Å². The van der Waals surface area contributed by atoms with Gasteiger partial charge in [0, 0.05) is 22.4 Å². The van der Waals surface area contributed by atoms with Crippen LogP contribution in [0.5, 0.6) is 17.2 Å². The number of benzene rings is 2. The molecule has 0 unspecified atom stereocenters. The van der Waals surface area contributed by atoms with Gasteiger partial charge in [-0.05, 0) is 57.2 Å². The molecule has 0 fully saturated rings. The minimum absolute atomic E-state index is 0.171. The van der Waals surface area contributed by atoms with Crippen molar-refractivity contribution in [2.24, 2.45) is 0 Å². The molecule has 2 N–H and O–H groups in total. The Balaban J connectivity index is 2.18. The minimum atomic E-state index is -0.342. The molecule has 0 aromatic heterocycles. The average Bonchev–Trinajstić information content (AvgIpc) is 2.65. The Hall–Kier alpha value is -3.22. The van der Waals surface area contributed by atoms with Gasteiger partial charge >= 0.3 is 0 Å². The fourth-order valence-corrected chi connectivity index (χ4v) is 2.53. The van der Waals surface area contributed by atoms with E-state index in [9.17, 15) is 9.59 Å². The third kappa shape index (κ3) is 5.16. The van der Waals surface area contributed by atoms with Crippen LogP contribution in [0, 0.1) is 0 Å². The highest BCUT2D eigenvalue weighted by molar-refractivity contribution is 6.05. The number of methoxy groups -OCH3 is 3. The Kier molecular flexibility index (Phi) is 6.51. The van der Waals surface area contributed by atoms with E-state index >= 15 is 0 Å². The number of amides is 2. The zero-order chi connectivity index (χ0) is 20.9. The van der Waals surface area contributed by atoms with Gasteiger partial charge in [0.25, 0.3) is 11.8 Å². The van der Waals surface area contributed by atoms with Gasteiger partial charge in [-0.25, -0.2) is 0 Å². The normalized spacial score (nSPS) is 10.8. The standard InChI is InChI=1S/C21H26N2O5/c1-21(2,3)23-20(25)13-7-9-15(10-8-13)22-19(24)14-11-16(26-4)18(28-6)17(12-14)27-5/h7-12H,1-6H3,(H,22,24)(H,23,25). The maximum Gasteiger partial charge on any atom is 0.255 e. The second-order valence-corrected chi connectivity index (χ2v) is 7.15. The molecule has 2 aromatic rings. The van der Waals surface area contributed by atoms with E-state index in [1.807, 2.05) is 20.8 Å². The molecule has 28 heavy (non-hydrogen) atoms. The molecular weight excluding hydrogens is 360 g/mol. The van der Waals surface area contributed by atoms with Crippen molar-refractivity contribution in [2.75, 3.05) is 26.6 Å². The lowest BCUT2D eigenvalue weighted by molar-refractivity contribution is 0.0919. The number of ether oxygens (including phenoxy) is 3. The maximum absolute atomic E-state index is 12.6. The Morgan fingerprint density at radius 2 is 1.32 bits per heavy atom. The summed E-state index contributed by atoms with van der Waals surface area (Å²) in [6, 6.07) is 9.81. The predicted octanol–water partition coefficient (Wildman–Crippen LogP) is 3.49. The number of nitrogens with one attached hydrogen (secondary N) is 2. The third-order valence-electron chi connectivity index (χ3n) is 3.82. The number of carbonyl (C=O) groups is 2. The largest absolute Gasteiger partial charge is 0.493 e. The first-order chi connectivity index (χ1) is 13.2. The van der Waals surface area contributed by atoms with Gasteiger partial charge in [-0.1, -0.05) is 0 Å². The quantitative estimate of drug-likeness (QED) is 0.794.